The predicted octanol–water partition coefficient (Wildman–Crippen LogP) is 0.787. The Bertz CT molecular complexity index is 485. The van der Waals surface area contributed by atoms with E-state index in [4.69, 9.17) is 21.9 Å². The van der Waals surface area contributed by atoms with Gasteiger partial charge in [-0.1, -0.05) is 11.6 Å². The van der Waals surface area contributed by atoms with Gasteiger partial charge in [0.05, 0.1) is 9.93 Å². The molecule has 0 aliphatic rings. The van der Waals surface area contributed by atoms with Gasteiger partial charge in [0.1, 0.15) is 4.90 Å². The van der Waals surface area contributed by atoms with Crippen molar-refractivity contribution >= 4 is 27.3 Å². The van der Waals surface area contributed by atoms with Gasteiger partial charge in [-0.15, -0.1) is 0 Å². The largest absolute Gasteiger partial charge is 0.318 e. The number of rotatable bonds is 2. The average molecular weight is 238 g/mol. The van der Waals surface area contributed by atoms with Gasteiger partial charge in [0.15, 0.2) is 0 Å². The van der Waals surface area contributed by atoms with Gasteiger partial charge < -0.3 is 0 Å². The van der Waals surface area contributed by atoms with Crippen molar-refractivity contribution < 1.29 is 18.5 Å². The van der Waals surface area contributed by atoms with Crippen LogP contribution < -0.4 is 5.14 Å². The molecule has 0 aliphatic heterocycles. The first-order chi connectivity index (χ1) is 6.32. The van der Waals surface area contributed by atoms with Crippen LogP contribution in [0.1, 0.15) is 0 Å². The third kappa shape index (κ3) is 2.19. The molecule has 0 saturated carbocycles. The Morgan fingerprint density at radius 3 is 2.43 bits per heavy atom. The molecule has 0 saturated heterocycles. The van der Waals surface area contributed by atoms with E-state index >= 15 is 0 Å². The number of sulfonamides is 1. The van der Waals surface area contributed by atoms with E-state index in [1.165, 1.54) is 0 Å². The number of nitrogens with zero attached hydrogens (tertiary/aromatic N) is 1. The van der Waals surface area contributed by atoms with Crippen molar-refractivity contribution in [3.05, 3.63) is 28.1 Å². The van der Waals surface area contributed by atoms with E-state index in [0.29, 0.717) is 0 Å². The molecule has 0 spiro atoms. The summed E-state index contributed by atoms with van der Waals surface area (Å²) < 4.78 is 21.8. The van der Waals surface area contributed by atoms with Gasteiger partial charge in [-0.3, -0.25) is 0 Å². The van der Waals surface area contributed by atoms with Crippen molar-refractivity contribution in [2.75, 3.05) is 0 Å². The molecule has 1 aromatic carbocycles. The predicted molar refractivity (Wildman–Crippen MR) is 47.9 cm³/mol. The van der Waals surface area contributed by atoms with Crippen molar-refractivity contribution in [3.63, 3.8) is 0 Å². The Morgan fingerprint density at radius 2 is 2.00 bits per heavy atom. The molecule has 0 aliphatic carbocycles. The van der Waals surface area contributed by atoms with Crippen molar-refractivity contribution in [3.8, 4) is 0 Å². The highest BCUT2D eigenvalue weighted by molar-refractivity contribution is 7.89. The molecule has 1 aromatic rings. The van der Waals surface area contributed by atoms with Crippen molar-refractivity contribution in [1.82, 2.24) is 0 Å². The first-order valence-corrected chi connectivity index (χ1v) is 5.23. The summed E-state index contributed by atoms with van der Waals surface area (Å²) >= 11 is 5.52. The van der Waals surface area contributed by atoms with Crippen LogP contribution in [-0.4, -0.2) is 18.5 Å². The normalized spacial score (nSPS) is 11.3. The van der Waals surface area contributed by atoms with Crippen LogP contribution in [0.5, 0.6) is 0 Å². The van der Waals surface area contributed by atoms with E-state index in [-0.39, 0.29) is 10.7 Å². The summed E-state index contributed by atoms with van der Waals surface area (Å²) in [5.74, 6) is 0. The number of halogens is 1. The Kier molecular flexibility index (Phi) is 2.74. The SMILES string of the molecule is NS(=O)(=O)c1cc([N+](=O)O)ccc1Cl. The second-order valence-corrected chi connectivity index (χ2v) is 4.37. The lowest BCUT2D eigenvalue weighted by Crippen LogP contribution is -2.13. The average Bonchev–Trinajstić information content (AvgIpc) is 2.02. The molecule has 0 fully saturated rings. The lowest BCUT2D eigenvalue weighted by atomic mass is 10.3. The lowest BCUT2D eigenvalue weighted by Gasteiger charge is -1.98. The monoisotopic (exact) mass is 237 g/mol. The van der Waals surface area contributed by atoms with Gasteiger partial charge in [0.2, 0.25) is 10.0 Å². The Balaban J connectivity index is 3.44. The van der Waals surface area contributed by atoms with E-state index in [2.05, 4.69) is 0 Å². The van der Waals surface area contributed by atoms with Crippen LogP contribution in [0.4, 0.5) is 5.69 Å². The fourth-order valence-electron chi connectivity index (χ4n) is 0.829. The van der Waals surface area contributed by atoms with Crippen LogP contribution >= 0.6 is 11.6 Å². The quantitative estimate of drug-likeness (QED) is 0.743. The third-order valence-electron chi connectivity index (χ3n) is 1.44. The van der Waals surface area contributed by atoms with Gasteiger partial charge in [0.25, 0.3) is 4.92 Å². The molecular formula is C6H6ClN2O4S+. The van der Waals surface area contributed by atoms with Crippen LogP contribution in [-0.2, 0) is 10.0 Å². The smallest absolute Gasteiger partial charge is 0.241 e. The van der Waals surface area contributed by atoms with Crippen molar-refractivity contribution in [2.45, 2.75) is 4.90 Å². The van der Waals surface area contributed by atoms with Gasteiger partial charge in [-0.2, -0.15) is 0 Å². The van der Waals surface area contributed by atoms with E-state index in [0.717, 1.165) is 18.2 Å². The topological polar surface area (TPSA) is 100 Å². The highest BCUT2D eigenvalue weighted by atomic mass is 35.5. The zero-order valence-corrected chi connectivity index (χ0v) is 8.29. The number of hydrogen-bond donors (Lipinski definition) is 2. The van der Waals surface area contributed by atoms with Gasteiger partial charge in [-0.05, 0) is 6.07 Å². The molecule has 1 rings (SSSR count). The second-order valence-electron chi connectivity index (χ2n) is 2.43. The van der Waals surface area contributed by atoms with Crippen molar-refractivity contribution in [1.29, 1.82) is 0 Å². The number of hydrogen-bond acceptors (Lipinski definition) is 3. The minimum absolute atomic E-state index is 0.113. The molecule has 0 aromatic heterocycles. The minimum atomic E-state index is -4.00. The molecule has 0 radical (unpaired) electrons. The highest BCUT2D eigenvalue weighted by Gasteiger charge is 2.20. The summed E-state index contributed by atoms with van der Waals surface area (Å²) in [6.07, 6.45) is 0. The molecule has 0 bridgehead atoms. The molecule has 6 nitrogen and oxygen atoms in total. The maximum Gasteiger partial charge on any atom is 0.318 e. The third-order valence-corrected chi connectivity index (χ3v) is 2.83. The maximum absolute atomic E-state index is 10.9. The molecule has 76 valence electrons. The van der Waals surface area contributed by atoms with Crippen LogP contribution in [0.15, 0.2) is 23.1 Å². The van der Waals surface area contributed by atoms with E-state index < -0.39 is 19.8 Å². The molecular weight excluding hydrogens is 232 g/mol. The van der Waals surface area contributed by atoms with Crippen LogP contribution in [0.25, 0.3) is 0 Å². The summed E-state index contributed by atoms with van der Waals surface area (Å²) in [4.78, 5) is 9.54. The van der Waals surface area contributed by atoms with Crippen molar-refractivity contribution in [2.24, 2.45) is 5.14 Å². The Labute approximate surface area is 84.5 Å². The summed E-state index contributed by atoms with van der Waals surface area (Å²) in [6.45, 7) is 0. The molecule has 14 heavy (non-hydrogen) atoms. The van der Waals surface area contributed by atoms with Gasteiger partial charge >= 0.3 is 5.69 Å². The molecule has 0 atom stereocenters. The fourth-order valence-corrected chi connectivity index (χ4v) is 1.89. The highest BCUT2D eigenvalue weighted by Crippen LogP contribution is 2.24. The lowest BCUT2D eigenvalue weighted by molar-refractivity contribution is -0.729. The Morgan fingerprint density at radius 1 is 1.43 bits per heavy atom. The summed E-state index contributed by atoms with van der Waals surface area (Å²) in [5.41, 5.74) is -0.265. The first kappa shape index (κ1) is 10.9. The first-order valence-electron chi connectivity index (χ1n) is 3.31. The summed E-state index contributed by atoms with van der Waals surface area (Å²) in [5, 5.41) is 13.2. The molecule has 3 N–H and O–H groups in total. The zero-order valence-electron chi connectivity index (χ0n) is 6.71. The number of primary sulfonamides is 1. The molecule has 0 unspecified atom stereocenters. The van der Waals surface area contributed by atoms with E-state index in [1.54, 1.807) is 0 Å². The minimum Gasteiger partial charge on any atom is -0.241 e. The maximum atomic E-state index is 10.9. The number of nitrogens with two attached hydrogens (primary N) is 1. The summed E-state index contributed by atoms with van der Waals surface area (Å²) in [6, 6.07) is 3.19. The molecule has 0 heterocycles. The van der Waals surface area contributed by atoms with Gasteiger partial charge in [0, 0.05) is 12.1 Å². The molecule has 8 heteroatoms. The Hall–Kier alpha value is -1.18. The van der Waals surface area contributed by atoms with Crippen LogP contribution in [0.2, 0.25) is 5.02 Å². The standard InChI is InChI=1S/C6H6ClN2O4S/c7-5-2-1-4(9(10)11)3-6(5)14(8,12)13/h1-3H,(H,10,11)(H2,8,12,13)/q+1. The van der Waals surface area contributed by atoms with Gasteiger partial charge in [-0.25, -0.2) is 18.8 Å². The van der Waals surface area contributed by atoms with E-state index in [9.17, 15) is 13.3 Å². The fraction of sp³-hybridized carbons (Fsp3) is 0. The van der Waals surface area contributed by atoms with E-state index in [1.807, 2.05) is 0 Å². The summed E-state index contributed by atoms with van der Waals surface area (Å²) in [7, 11) is -4.00. The molecule has 0 amide bonds. The zero-order chi connectivity index (χ0) is 10.9. The van der Waals surface area contributed by atoms with Crippen LogP contribution in [0.3, 0.4) is 0 Å². The second kappa shape index (κ2) is 3.52. The van der Waals surface area contributed by atoms with Crippen LogP contribution in [0, 0.1) is 4.91 Å². The number of benzene rings is 1.